The minimum absolute atomic E-state index is 0.0218. The van der Waals surface area contributed by atoms with Gasteiger partial charge in [-0.3, -0.25) is 9.00 Å². The second kappa shape index (κ2) is 10.4. The zero-order valence-corrected chi connectivity index (χ0v) is 16.2. The van der Waals surface area contributed by atoms with E-state index in [0.717, 1.165) is 6.20 Å². The summed E-state index contributed by atoms with van der Waals surface area (Å²) in [5.74, 6) is 0.559. The van der Waals surface area contributed by atoms with Crippen LogP contribution in [0.2, 0.25) is 0 Å². The first-order valence-corrected chi connectivity index (χ1v) is 10.1. The summed E-state index contributed by atoms with van der Waals surface area (Å²) in [4.78, 5) is 16.9. The van der Waals surface area contributed by atoms with Crippen LogP contribution in [0.1, 0.15) is 17.3 Å². The van der Waals surface area contributed by atoms with E-state index in [9.17, 15) is 13.4 Å². The topological polar surface area (TPSA) is 108 Å². The molecule has 1 unspecified atom stereocenters. The first kappa shape index (κ1) is 21.3. The fourth-order valence-corrected chi connectivity index (χ4v) is 2.83. The molecule has 2 aromatic rings. The van der Waals surface area contributed by atoms with Gasteiger partial charge in [-0.2, -0.15) is 0 Å². The standard InChI is InChI=1S/C20H22FN3O3S/c1-2-28(26)11-10-27-17-5-3-4-14(12-17)19(25)18(13-22)20(23)24-16-8-6-15(21)7-9-16/h3-9,12-13H,2,10-11,22H2,1H3,(H2,23,24). The number of rotatable bonds is 9. The van der Waals surface area contributed by atoms with E-state index in [0.29, 0.717) is 28.5 Å². The number of carbonyl (C=O) groups excluding carboxylic acids is 1. The minimum Gasteiger partial charge on any atom is -0.493 e. The molecule has 0 aliphatic heterocycles. The maximum Gasteiger partial charge on any atom is 0.198 e. The molecule has 0 aliphatic carbocycles. The Morgan fingerprint density at radius 1 is 1.25 bits per heavy atom. The normalized spacial score (nSPS) is 13.2. The third kappa shape index (κ3) is 6.02. The number of ether oxygens (including phenoxy) is 1. The van der Waals surface area contributed by atoms with Crippen LogP contribution in [0.5, 0.6) is 5.75 Å². The number of Topliss-reactive ketones (excluding diaryl/α,β-unsaturated/α-hetero) is 1. The van der Waals surface area contributed by atoms with Crippen molar-refractivity contribution in [2.45, 2.75) is 6.92 Å². The lowest BCUT2D eigenvalue weighted by Crippen LogP contribution is -2.22. The maximum atomic E-state index is 13.0. The molecular weight excluding hydrogens is 381 g/mol. The number of nitrogens with zero attached hydrogens (tertiary/aromatic N) is 1. The molecule has 0 aliphatic rings. The highest BCUT2D eigenvalue weighted by atomic mass is 32.2. The SMILES string of the molecule is CCS(=O)CCOc1cccc(C(=O)C(=CN)C(N)=Nc2ccc(F)cc2)c1. The van der Waals surface area contributed by atoms with Crippen molar-refractivity contribution in [2.24, 2.45) is 16.5 Å². The zero-order chi connectivity index (χ0) is 20.5. The molecule has 0 radical (unpaired) electrons. The Kier molecular flexibility index (Phi) is 7.88. The van der Waals surface area contributed by atoms with Gasteiger partial charge >= 0.3 is 0 Å². The molecule has 1 atom stereocenters. The summed E-state index contributed by atoms with van der Waals surface area (Å²) in [5, 5.41) is 0. The first-order valence-electron chi connectivity index (χ1n) is 8.59. The van der Waals surface area contributed by atoms with Gasteiger partial charge in [0.25, 0.3) is 0 Å². The van der Waals surface area contributed by atoms with Crippen molar-refractivity contribution in [3.63, 3.8) is 0 Å². The van der Waals surface area contributed by atoms with E-state index in [4.69, 9.17) is 16.2 Å². The first-order chi connectivity index (χ1) is 13.4. The minimum atomic E-state index is -0.924. The van der Waals surface area contributed by atoms with Gasteiger partial charge in [0.1, 0.15) is 17.4 Å². The van der Waals surface area contributed by atoms with Gasteiger partial charge in [0, 0.05) is 28.3 Å². The van der Waals surface area contributed by atoms with Crippen LogP contribution < -0.4 is 16.2 Å². The van der Waals surface area contributed by atoms with E-state index in [1.807, 2.05) is 6.92 Å². The van der Waals surface area contributed by atoms with Gasteiger partial charge in [0.15, 0.2) is 5.78 Å². The smallest absolute Gasteiger partial charge is 0.198 e. The van der Waals surface area contributed by atoms with E-state index >= 15 is 0 Å². The largest absolute Gasteiger partial charge is 0.493 e. The van der Waals surface area contributed by atoms with Crippen LogP contribution >= 0.6 is 0 Å². The summed E-state index contributed by atoms with van der Waals surface area (Å²) >= 11 is 0. The number of hydrogen-bond donors (Lipinski definition) is 2. The molecule has 8 heteroatoms. The molecule has 0 saturated heterocycles. The van der Waals surface area contributed by atoms with Crippen molar-refractivity contribution in [1.82, 2.24) is 0 Å². The number of amidine groups is 1. The fraction of sp³-hybridized carbons (Fsp3) is 0.200. The van der Waals surface area contributed by atoms with Crippen LogP contribution in [0.15, 0.2) is 65.3 Å². The highest BCUT2D eigenvalue weighted by Gasteiger charge is 2.16. The Balaban J connectivity index is 2.15. The van der Waals surface area contributed by atoms with E-state index < -0.39 is 22.4 Å². The molecular formula is C20H22FN3O3S. The molecule has 0 bridgehead atoms. The maximum absolute atomic E-state index is 13.0. The van der Waals surface area contributed by atoms with E-state index in [1.165, 1.54) is 24.3 Å². The second-order valence-electron chi connectivity index (χ2n) is 5.69. The van der Waals surface area contributed by atoms with Crippen LogP contribution in [0, 0.1) is 5.82 Å². The van der Waals surface area contributed by atoms with Gasteiger partial charge in [0.05, 0.1) is 23.6 Å². The summed E-state index contributed by atoms with van der Waals surface area (Å²) < 4.78 is 30.0. The van der Waals surface area contributed by atoms with Crippen molar-refractivity contribution in [3.05, 3.63) is 71.7 Å². The van der Waals surface area contributed by atoms with Crippen LogP contribution in [0.3, 0.4) is 0 Å². The Morgan fingerprint density at radius 3 is 2.61 bits per heavy atom. The van der Waals surface area contributed by atoms with Gasteiger partial charge in [-0.05, 0) is 36.4 Å². The lowest BCUT2D eigenvalue weighted by atomic mass is 10.0. The number of halogens is 1. The number of ketones is 1. The summed E-state index contributed by atoms with van der Waals surface area (Å²) in [6.45, 7) is 2.12. The van der Waals surface area contributed by atoms with Gasteiger partial charge in [-0.1, -0.05) is 19.1 Å². The second-order valence-corrected chi connectivity index (χ2v) is 7.56. The van der Waals surface area contributed by atoms with E-state index in [2.05, 4.69) is 4.99 Å². The molecule has 4 N–H and O–H groups in total. The van der Waals surface area contributed by atoms with Crippen molar-refractivity contribution in [2.75, 3.05) is 18.1 Å². The Bertz CT molecular complexity index is 911. The molecule has 2 aromatic carbocycles. The number of aliphatic imine (C=N–C) groups is 1. The third-order valence-electron chi connectivity index (χ3n) is 3.76. The van der Waals surface area contributed by atoms with Crippen LogP contribution in [0.4, 0.5) is 10.1 Å². The molecule has 6 nitrogen and oxygen atoms in total. The van der Waals surface area contributed by atoms with E-state index in [-0.39, 0.29) is 18.0 Å². The molecule has 0 amide bonds. The predicted molar refractivity (Wildman–Crippen MR) is 110 cm³/mol. The van der Waals surface area contributed by atoms with Crippen molar-refractivity contribution < 1.29 is 18.1 Å². The monoisotopic (exact) mass is 403 g/mol. The summed E-state index contributed by atoms with van der Waals surface area (Å²) in [5.41, 5.74) is 12.3. The predicted octanol–water partition coefficient (Wildman–Crippen LogP) is 2.69. The molecule has 0 aromatic heterocycles. The van der Waals surface area contributed by atoms with Crippen molar-refractivity contribution in [3.8, 4) is 5.75 Å². The number of hydrogen-bond acceptors (Lipinski definition) is 5. The van der Waals surface area contributed by atoms with Crippen LogP contribution in [-0.2, 0) is 10.8 Å². The Labute approximate surface area is 165 Å². The van der Waals surface area contributed by atoms with Gasteiger partial charge in [-0.25, -0.2) is 9.38 Å². The molecule has 0 heterocycles. The summed E-state index contributed by atoms with van der Waals surface area (Å²) in [7, 11) is -0.924. The average molecular weight is 403 g/mol. The van der Waals surface area contributed by atoms with Crippen molar-refractivity contribution in [1.29, 1.82) is 0 Å². The zero-order valence-electron chi connectivity index (χ0n) is 15.4. The molecule has 0 spiro atoms. The molecule has 0 saturated carbocycles. The van der Waals surface area contributed by atoms with Gasteiger partial charge in [-0.15, -0.1) is 0 Å². The molecule has 28 heavy (non-hydrogen) atoms. The van der Waals surface area contributed by atoms with Crippen LogP contribution in [0.25, 0.3) is 0 Å². The number of carbonyl (C=O) groups is 1. The Morgan fingerprint density at radius 2 is 1.96 bits per heavy atom. The highest BCUT2D eigenvalue weighted by molar-refractivity contribution is 7.84. The number of nitrogens with two attached hydrogens (primary N) is 2. The van der Waals surface area contributed by atoms with Crippen LogP contribution in [-0.4, -0.2) is 33.9 Å². The fourth-order valence-electron chi connectivity index (χ4n) is 2.27. The molecule has 0 fully saturated rings. The quantitative estimate of drug-likeness (QED) is 0.290. The molecule has 2 rings (SSSR count). The Hall–Kier alpha value is -3.00. The van der Waals surface area contributed by atoms with Gasteiger partial charge in [0.2, 0.25) is 0 Å². The average Bonchev–Trinajstić information content (AvgIpc) is 2.70. The lowest BCUT2D eigenvalue weighted by Gasteiger charge is -2.09. The van der Waals surface area contributed by atoms with E-state index in [1.54, 1.807) is 24.3 Å². The summed E-state index contributed by atoms with van der Waals surface area (Å²) in [6, 6.07) is 11.9. The summed E-state index contributed by atoms with van der Waals surface area (Å²) in [6.07, 6.45) is 1.09. The number of benzene rings is 2. The van der Waals surface area contributed by atoms with Crippen molar-refractivity contribution >= 4 is 28.1 Å². The third-order valence-corrected chi connectivity index (χ3v) is 5.03. The van der Waals surface area contributed by atoms with Gasteiger partial charge < -0.3 is 16.2 Å². The lowest BCUT2D eigenvalue weighted by molar-refractivity contribution is 0.103. The molecule has 148 valence electrons. The highest BCUT2D eigenvalue weighted by Crippen LogP contribution is 2.18.